The standard InChI is InChI=1S/C28H34ClNS/c1-6-8-19(3)28(15-16-31-5)30-20(4)27-18-23-17-22(11-14-26(23)25(27)7-2)21-9-12-24(29)13-10-21/h9-14,17,28,30H,3-4,6-8,15-16,18H2,1-2,5H3. The van der Waals surface area contributed by atoms with Gasteiger partial charge in [0.05, 0.1) is 0 Å². The van der Waals surface area contributed by atoms with Crippen LogP contribution < -0.4 is 5.32 Å². The molecule has 1 nitrogen and oxygen atoms in total. The van der Waals surface area contributed by atoms with Gasteiger partial charge in [-0.25, -0.2) is 0 Å². The van der Waals surface area contributed by atoms with Crippen LogP contribution in [-0.4, -0.2) is 18.1 Å². The van der Waals surface area contributed by atoms with Crippen molar-refractivity contribution in [2.24, 2.45) is 0 Å². The molecule has 2 aromatic carbocycles. The SMILES string of the molecule is C=C(NC(CCSC)C(=C)CCC)C1=C(CC)c2ccc(-c3ccc(Cl)cc3)cc2C1. The van der Waals surface area contributed by atoms with Crippen molar-refractivity contribution in [1.29, 1.82) is 0 Å². The first-order chi connectivity index (χ1) is 15.0. The summed E-state index contributed by atoms with van der Waals surface area (Å²) in [7, 11) is 0. The first-order valence-corrected chi connectivity index (χ1v) is 13.0. The molecule has 1 N–H and O–H groups in total. The Hall–Kier alpha value is -1.90. The number of hydrogen-bond donors (Lipinski definition) is 1. The lowest BCUT2D eigenvalue weighted by atomic mass is 9.97. The fourth-order valence-electron chi connectivity index (χ4n) is 4.42. The molecule has 3 heteroatoms. The lowest BCUT2D eigenvalue weighted by molar-refractivity contribution is 0.603. The van der Waals surface area contributed by atoms with Gasteiger partial charge < -0.3 is 5.32 Å². The summed E-state index contributed by atoms with van der Waals surface area (Å²) in [5.74, 6) is 1.12. The molecule has 0 amide bonds. The van der Waals surface area contributed by atoms with Gasteiger partial charge in [0, 0.05) is 23.2 Å². The number of rotatable bonds is 11. The Morgan fingerprint density at radius 3 is 2.45 bits per heavy atom. The van der Waals surface area contributed by atoms with Gasteiger partial charge in [0.25, 0.3) is 0 Å². The van der Waals surface area contributed by atoms with E-state index in [0.717, 1.165) is 48.6 Å². The Balaban J connectivity index is 1.82. The molecule has 0 bridgehead atoms. The number of benzene rings is 2. The first kappa shape index (κ1) is 23.8. The maximum Gasteiger partial charge on any atom is 0.0478 e. The van der Waals surface area contributed by atoms with Gasteiger partial charge in [-0.1, -0.05) is 80.9 Å². The molecule has 1 aliphatic rings. The number of fused-ring (bicyclic) bond motifs is 1. The van der Waals surface area contributed by atoms with Crippen molar-refractivity contribution in [3.05, 3.63) is 88.6 Å². The minimum atomic E-state index is 0.291. The van der Waals surface area contributed by atoms with Gasteiger partial charge in [-0.15, -0.1) is 0 Å². The summed E-state index contributed by atoms with van der Waals surface area (Å²) in [5.41, 5.74) is 10.3. The van der Waals surface area contributed by atoms with Gasteiger partial charge in [-0.05, 0) is 76.8 Å². The highest BCUT2D eigenvalue weighted by molar-refractivity contribution is 7.98. The summed E-state index contributed by atoms with van der Waals surface area (Å²) < 4.78 is 0. The molecule has 0 aromatic heterocycles. The fourth-order valence-corrected chi connectivity index (χ4v) is 5.01. The zero-order valence-electron chi connectivity index (χ0n) is 19.1. The van der Waals surface area contributed by atoms with Gasteiger partial charge in [-0.3, -0.25) is 0 Å². The molecule has 0 saturated carbocycles. The van der Waals surface area contributed by atoms with Crippen molar-refractivity contribution in [3.8, 4) is 11.1 Å². The van der Waals surface area contributed by atoms with E-state index >= 15 is 0 Å². The lowest BCUT2D eigenvalue weighted by Gasteiger charge is -2.24. The summed E-state index contributed by atoms with van der Waals surface area (Å²) in [6.07, 6.45) is 7.38. The molecule has 0 heterocycles. The molecular weight excluding hydrogens is 418 g/mol. The summed E-state index contributed by atoms with van der Waals surface area (Å²) in [6, 6.07) is 15.2. The quantitative estimate of drug-likeness (QED) is 0.344. The average Bonchev–Trinajstić information content (AvgIpc) is 3.15. The van der Waals surface area contributed by atoms with E-state index in [0.29, 0.717) is 6.04 Å². The number of halogens is 1. The van der Waals surface area contributed by atoms with Crippen molar-refractivity contribution in [2.75, 3.05) is 12.0 Å². The highest BCUT2D eigenvalue weighted by Gasteiger charge is 2.24. The van der Waals surface area contributed by atoms with Crippen LogP contribution in [0.5, 0.6) is 0 Å². The van der Waals surface area contributed by atoms with E-state index in [1.807, 2.05) is 23.9 Å². The molecule has 1 unspecified atom stereocenters. The average molecular weight is 452 g/mol. The predicted molar refractivity (Wildman–Crippen MR) is 141 cm³/mol. The summed E-state index contributed by atoms with van der Waals surface area (Å²) in [6.45, 7) is 13.3. The molecule has 0 saturated heterocycles. The third kappa shape index (κ3) is 5.67. The van der Waals surface area contributed by atoms with Gasteiger partial charge in [0.1, 0.15) is 0 Å². The van der Waals surface area contributed by atoms with Crippen molar-refractivity contribution in [3.63, 3.8) is 0 Å². The van der Waals surface area contributed by atoms with E-state index in [2.05, 4.69) is 68.9 Å². The normalized spacial score (nSPS) is 13.8. The van der Waals surface area contributed by atoms with Crippen LogP contribution in [-0.2, 0) is 6.42 Å². The highest BCUT2D eigenvalue weighted by Crippen LogP contribution is 2.39. The molecule has 1 aliphatic carbocycles. The van der Waals surface area contributed by atoms with Crippen LogP contribution in [0.3, 0.4) is 0 Å². The molecule has 1 atom stereocenters. The second-order valence-corrected chi connectivity index (χ2v) is 9.65. The Bertz CT molecular complexity index is 971. The molecule has 0 radical (unpaired) electrons. The molecule has 31 heavy (non-hydrogen) atoms. The minimum Gasteiger partial charge on any atom is -0.379 e. The van der Waals surface area contributed by atoms with Crippen LogP contribution in [0, 0.1) is 0 Å². The van der Waals surface area contributed by atoms with Gasteiger partial charge in [0.15, 0.2) is 0 Å². The van der Waals surface area contributed by atoms with E-state index in [-0.39, 0.29) is 0 Å². The predicted octanol–water partition coefficient (Wildman–Crippen LogP) is 8.31. The van der Waals surface area contributed by atoms with E-state index in [1.165, 1.54) is 39.0 Å². The molecule has 164 valence electrons. The fraction of sp³-hybridized carbons (Fsp3) is 0.357. The van der Waals surface area contributed by atoms with Crippen molar-refractivity contribution >= 4 is 28.9 Å². The van der Waals surface area contributed by atoms with Gasteiger partial charge in [0.2, 0.25) is 0 Å². The number of hydrogen-bond acceptors (Lipinski definition) is 2. The molecular formula is C28H34ClNS. The second-order valence-electron chi connectivity index (χ2n) is 8.23. The smallest absolute Gasteiger partial charge is 0.0478 e. The van der Waals surface area contributed by atoms with E-state index in [4.69, 9.17) is 11.6 Å². The highest BCUT2D eigenvalue weighted by atomic mass is 35.5. The monoisotopic (exact) mass is 451 g/mol. The largest absolute Gasteiger partial charge is 0.379 e. The van der Waals surface area contributed by atoms with Crippen molar-refractivity contribution < 1.29 is 0 Å². The van der Waals surface area contributed by atoms with Crippen LogP contribution in [0.25, 0.3) is 16.7 Å². The third-order valence-corrected chi connectivity index (χ3v) is 6.98. The Morgan fingerprint density at radius 2 is 1.81 bits per heavy atom. The summed E-state index contributed by atoms with van der Waals surface area (Å²) in [4.78, 5) is 0. The number of thioether (sulfide) groups is 1. The van der Waals surface area contributed by atoms with Crippen LogP contribution in [0.2, 0.25) is 5.02 Å². The zero-order valence-corrected chi connectivity index (χ0v) is 20.6. The lowest BCUT2D eigenvalue weighted by Crippen LogP contribution is -2.31. The second kappa shape index (κ2) is 11.1. The summed E-state index contributed by atoms with van der Waals surface area (Å²) >= 11 is 7.96. The number of nitrogens with one attached hydrogen (secondary N) is 1. The number of allylic oxidation sites excluding steroid dienone is 2. The van der Waals surface area contributed by atoms with Gasteiger partial charge in [-0.2, -0.15) is 11.8 Å². The molecule has 0 spiro atoms. The molecule has 3 rings (SSSR count). The Kier molecular flexibility index (Phi) is 8.51. The van der Waals surface area contributed by atoms with Crippen molar-refractivity contribution in [1.82, 2.24) is 5.32 Å². The van der Waals surface area contributed by atoms with Crippen LogP contribution in [0.1, 0.15) is 50.7 Å². The Labute approximate surface area is 197 Å². The van der Waals surface area contributed by atoms with Crippen LogP contribution >= 0.6 is 23.4 Å². The van der Waals surface area contributed by atoms with E-state index in [1.54, 1.807) is 0 Å². The summed E-state index contributed by atoms with van der Waals surface area (Å²) in [5, 5.41) is 4.52. The first-order valence-electron chi connectivity index (χ1n) is 11.2. The minimum absolute atomic E-state index is 0.291. The van der Waals surface area contributed by atoms with Crippen LogP contribution in [0.4, 0.5) is 0 Å². The van der Waals surface area contributed by atoms with Crippen molar-refractivity contribution in [2.45, 2.75) is 52.0 Å². The maximum absolute atomic E-state index is 6.07. The van der Waals surface area contributed by atoms with E-state index < -0.39 is 0 Å². The molecule has 0 aliphatic heterocycles. The topological polar surface area (TPSA) is 12.0 Å². The third-order valence-electron chi connectivity index (χ3n) is 6.08. The maximum atomic E-state index is 6.07. The Morgan fingerprint density at radius 1 is 1.10 bits per heavy atom. The van der Waals surface area contributed by atoms with Crippen LogP contribution in [0.15, 0.2) is 72.5 Å². The van der Waals surface area contributed by atoms with E-state index in [9.17, 15) is 0 Å². The molecule has 0 fully saturated rings. The zero-order chi connectivity index (χ0) is 22.4. The molecule has 2 aromatic rings. The van der Waals surface area contributed by atoms with Gasteiger partial charge >= 0.3 is 0 Å².